The Morgan fingerprint density at radius 2 is 2.17 bits per heavy atom. The summed E-state index contributed by atoms with van der Waals surface area (Å²) in [7, 11) is 0. The van der Waals surface area contributed by atoms with Crippen molar-refractivity contribution >= 4 is 0 Å². The zero-order chi connectivity index (χ0) is 12.8. The number of aryl methyl sites for hydroxylation is 1. The van der Waals surface area contributed by atoms with Crippen LogP contribution in [-0.4, -0.2) is 15.0 Å². The summed E-state index contributed by atoms with van der Waals surface area (Å²) in [4.78, 5) is 0. The van der Waals surface area contributed by atoms with Gasteiger partial charge in [0.25, 0.3) is 0 Å². The van der Waals surface area contributed by atoms with E-state index < -0.39 is 0 Å². The minimum absolute atomic E-state index is 0.105. The number of rotatable bonds is 6. The maximum Gasteiger partial charge on any atom is 0.0754 e. The minimum Gasteiger partial charge on any atom is -0.323 e. The summed E-state index contributed by atoms with van der Waals surface area (Å²) in [5.74, 6) is 0.903. The molecule has 2 N–H and O–H groups in total. The van der Waals surface area contributed by atoms with Gasteiger partial charge in [0.1, 0.15) is 0 Å². The van der Waals surface area contributed by atoms with Crippen LogP contribution in [0.25, 0.3) is 0 Å². The molecule has 2 rings (SSSR count). The summed E-state index contributed by atoms with van der Waals surface area (Å²) in [6, 6.07) is 0.105. The third-order valence-corrected chi connectivity index (χ3v) is 4.07. The quantitative estimate of drug-likeness (QED) is 0.844. The Balaban J connectivity index is 1.82. The van der Waals surface area contributed by atoms with Crippen molar-refractivity contribution in [2.45, 2.75) is 70.9 Å². The second-order valence-corrected chi connectivity index (χ2v) is 5.57. The van der Waals surface area contributed by atoms with Crippen molar-refractivity contribution in [2.24, 2.45) is 11.7 Å². The fourth-order valence-corrected chi connectivity index (χ4v) is 2.98. The highest BCUT2D eigenvalue weighted by molar-refractivity contribution is 5.01. The van der Waals surface area contributed by atoms with Gasteiger partial charge in [-0.3, -0.25) is 0 Å². The monoisotopic (exact) mass is 250 g/mol. The maximum absolute atomic E-state index is 6.29. The van der Waals surface area contributed by atoms with Crippen molar-refractivity contribution in [1.82, 2.24) is 15.0 Å². The first-order valence-electron chi connectivity index (χ1n) is 7.45. The summed E-state index contributed by atoms with van der Waals surface area (Å²) in [5, 5.41) is 8.10. The van der Waals surface area contributed by atoms with Gasteiger partial charge in [-0.05, 0) is 25.2 Å². The van der Waals surface area contributed by atoms with Crippen molar-refractivity contribution in [3.05, 3.63) is 11.9 Å². The highest BCUT2D eigenvalue weighted by Crippen LogP contribution is 2.29. The normalized spacial score (nSPS) is 19.0. The molecule has 0 radical (unpaired) electrons. The van der Waals surface area contributed by atoms with Gasteiger partial charge in [0.05, 0.1) is 11.9 Å². The molecular weight excluding hydrogens is 224 g/mol. The zero-order valence-corrected chi connectivity index (χ0v) is 11.5. The fourth-order valence-electron chi connectivity index (χ4n) is 2.98. The molecule has 0 aromatic carbocycles. The lowest BCUT2D eigenvalue weighted by atomic mass is 9.85. The minimum atomic E-state index is 0.105. The number of nitrogens with two attached hydrogens (primary N) is 1. The summed E-state index contributed by atoms with van der Waals surface area (Å²) in [6.45, 7) is 3.07. The maximum atomic E-state index is 6.29. The van der Waals surface area contributed by atoms with Crippen LogP contribution in [0.1, 0.15) is 70.0 Å². The molecule has 1 aromatic heterocycles. The number of aromatic nitrogens is 3. The molecule has 1 fully saturated rings. The summed E-state index contributed by atoms with van der Waals surface area (Å²) >= 11 is 0. The molecule has 0 bridgehead atoms. The van der Waals surface area contributed by atoms with Gasteiger partial charge in [0, 0.05) is 12.6 Å². The predicted octanol–water partition coefficient (Wildman–Crippen LogP) is 3.05. The molecule has 1 atom stereocenters. The molecule has 1 aromatic rings. The average Bonchev–Trinajstić information content (AvgIpc) is 2.86. The van der Waals surface area contributed by atoms with E-state index in [0.29, 0.717) is 0 Å². The average molecular weight is 250 g/mol. The van der Waals surface area contributed by atoms with Gasteiger partial charge in [-0.25, -0.2) is 4.68 Å². The summed E-state index contributed by atoms with van der Waals surface area (Å²) in [5.41, 5.74) is 7.39. The van der Waals surface area contributed by atoms with Gasteiger partial charge in [0.2, 0.25) is 0 Å². The first kappa shape index (κ1) is 13.5. The summed E-state index contributed by atoms with van der Waals surface area (Å²) < 4.78 is 1.96. The Bertz CT molecular complexity index is 341. The second-order valence-electron chi connectivity index (χ2n) is 5.57. The molecule has 0 spiro atoms. The lowest BCUT2D eigenvalue weighted by Gasteiger charge is -2.23. The van der Waals surface area contributed by atoms with E-state index in [2.05, 4.69) is 17.2 Å². The highest BCUT2D eigenvalue weighted by atomic mass is 15.4. The van der Waals surface area contributed by atoms with E-state index >= 15 is 0 Å². The van der Waals surface area contributed by atoms with E-state index in [4.69, 9.17) is 5.73 Å². The van der Waals surface area contributed by atoms with Crippen LogP contribution in [0.5, 0.6) is 0 Å². The Hall–Kier alpha value is -0.900. The van der Waals surface area contributed by atoms with Crippen LogP contribution in [0.3, 0.4) is 0 Å². The molecule has 4 heteroatoms. The lowest BCUT2D eigenvalue weighted by Crippen LogP contribution is -2.18. The van der Waals surface area contributed by atoms with Crippen LogP contribution in [0, 0.1) is 5.92 Å². The van der Waals surface area contributed by atoms with Crippen LogP contribution in [0.2, 0.25) is 0 Å². The molecule has 1 aliphatic rings. The molecule has 0 saturated heterocycles. The van der Waals surface area contributed by atoms with Gasteiger partial charge >= 0.3 is 0 Å². The van der Waals surface area contributed by atoms with E-state index in [9.17, 15) is 0 Å². The van der Waals surface area contributed by atoms with E-state index in [1.165, 1.54) is 38.5 Å². The fraction of sp³-hybridized carbons (Fsp3) is 0.857. The molecule has 1 heterocycles. The molecule has 1 saturated carbocycles. The van der Waals surface area contributed by atoms with Gasteiger partial charge in [-0.1, -0.05) is 44.2 Å². The first-order chi connectivity index (χ1) is 8.81. The molecule has 1 unspecified atom stereocenters. The zero-order valence-electron chi connectivity index (χ0n) is 11.5. The van der Waals surface area contributed by atoms with E-state index in [1.54, 1.807) is 0 Å². The largest absolute Gasteiger partial charge is 0.323 e. The van der Waals surface area contributed by atoms with Crippen LogP contribution in [0.4, 0.5) is 0 Å². The van der Waals surface area contributed by atoms with Crippen LogP contribution in [0.15, 0.2) is 6.20 Å². The van der Waals surface area contributed by atoms with Gasteiger partial charge in [-0.15, -0.1) is 5.10 Å². The van der Waals surface area contributed by atoms with Crippen molar-refractivity contribution in [3.8, 4) is 0 Å². The molecule has 1 aliphatic carbocycles. The number of hydrogen-bond donors (Lipinski definition) is 1. The molecule has 0 aliphatic heterocycles. The molecule has 102 valence electrons. The third-order valence-electron chi connectivity index (χ3n) is 4.07. The van der Waals surface area contributed by atoms with E-state index in [0.717, 1.165) is 31.0 Å². The molecular formula is C14H26N4. The van der Waals surface area contributed by atoms with Gasteiger partial charge in [0.15, 0.2) is 0 Å². The van der Waals surface area contributed by atoms with Gasteiger partial charge < -0.3 is 5.73 Å². The Morgan fingerprint density at radius 3 is 2.89 bits per heavy atom. The van der Waals surface area contributed by atoms with Crippen LogP contribution < -0.4 is 5.73 Å². The summed E-state index contributed by atoms with van der Waals surface area (Å²) in [6.07, 6.45) is 12.3. The van der Waals surface area contributed by atoms with Crippen LogP contribution in [-0.2, 0) is 6.54 Å². The third kappa shape index (κ3) is 3.55. The smallest absolute Gasteiger partial charge is 0.0754 e. The SMILES string of the molecule is CCCn1nncc1C(N)CCC1CCCCC1. The van der Waals surface area contributed by atoms with Crippen molar-refractivity contribution < 1.29 is 0 Å². The Labute approximate surface area is 110 Å². The van der Waals surface area contributed by atoms with Gasteiger partial charge in [-0.2, -0.15) is 0 Å². The lowest BCUT2D eigenvalue weighted by molar-refractivity contribution is 0.321. The van der Waals surface area contributed by atoms with Crippen molar-refractivity contribution in [1.29, 1.82) is 0 Å². The van der Waals surface area contributed by atoms with Crippen molar-refractivity contribution in [2.75, 3.05) is 0 Å². The molecule has 18 heavy (non-hydrogen) atoms. The number of nitrogens with zero attached hydrogens (tertiary/aromatic N) is 3. The molecule has 0 amide bonds. The second kappa shape index (κ2) is 6.88. The topological polar surface area (TPSA) is 56.7 Å². The van der Waals surface area contributed by atoms with Crippen LogP contribution >= 0.6 is 0 Å². The van der Waals surface area contributed by atoms with E-state index in [-0.39, 0.29) is 6.04 Å². The standard InChI is InChI=1S/C14H26N4/c1-2-10-18-14(11-16-17-18)13(15)9-8-12-6-4-3-5-7-12/h11-13H,2-10,15H2,1H3. The Morgan fingerprint density at radius 1 is 1.39 bits per heavy atom. The first-order valence-corrected chi connectivity index (χ1v) is 7.45. The van der Waals surface area contributed by atoms with Crippen molar-refractivity contribution in [3.63, 3.8) is 0 Å². The van der Waals surface area contributed by atoms with E-state index in [1.807, 2.05) is 10.9 Å². The predicted molar refractivity (Wildman–Crippen MR) is 73.1 cm³/mol. The highest BCUT2D eigenvalue weighted by Gasteiger charge is 2.17. The molecule has 4 nitrogen and oxygen atoms in total. The number of hydrogen-bond acceptors (Lipinski definition) is 3. The Kier molecular flexibility index (Phi) is 5.17.